The summed E-state index contributed by atoms with van der Waals surface area (Å²) in [5.74, 6) is 0.191. The zero-order chi connectivity index (χ0) is 11.4. The van der Waals surface area contributed by atoms with Crippen LogP contribution in [0, 0.1) is 5.82 Å². The molecule has 0 saturated carbocycles. The average Bonchev–Trinajstić information content (AvgIpc) is 2.56. The van der Waals surface area contributed by atoms with Crippen LogP contribution in [0.4, 0.5) is 10.1 Å². The van der Waals surface area contributed by atoms with E-state index in [1.54, 1.807) is 6.07 Å². The summed E-state index contributed by atoms with van der Waals surface area (Å²) in [7, 11) is 0. The summed E-state index contributed by atoms with van der Waals surface area (Å²) < 4.78 is 13.4. The molecule has 1 aromatic carbocycles. The van der Waals surface area contributed by atoms with Gasteiger partial charge in [0.25, 0.3) is 0 Å². The van der Waals surface area contributed by atoms with Gasteiger partial charge in [-0.2, -0.15) is 0 Å². The summed E-state index contributed by atoms with van der Waals surface area (Å²) in [6.45, 7) is 2.07. The molecule has 1 saturated heterocycles. The predicted octanol–water partition coefficient (Wildman–Crippen LogP) is 3.94. The highest BCUT2D eigenvalue weighted by atomic mass is 35.5. The smallest absolute Gasteiger partial charge is 0.125 e. The highest BCUT2D eigenvalue weighted by molar-refractivity contribution is 6.17. The van der Waals surface area contributed by atoms with Crippen LogP contribution >= 0.6 is 11.6 Å². The molecular weight excluding hydrogens is 225 g/mol. The summed E-state index contributed by atoms with van der Waals surface area (Å²) >= 11 is 5.76. The maximum Gasteiger partial charge on any atom is 0.125 e. The number of hydrogen-bond donors (Lipinski definition) is 0. The lowest BCUT2D eigenvalue weighted by molar-refractivity contribution is 0.625. The second-order valence-electron chi connectivity index (χ2n) is 4.35. The molecule has 3 heteroatoms. The van der Waals surface area contributed by atoms with Gasteiger partial charge in [0.2, 0.25) is 0 Å². The Morgan fingerprint density at radius 2 is 1.75 bits per heavy atom. The van der Waals surface area contributed by atoms with E-state index in [1.807, 2.05) is 6.07 Å². The van der Waals surface area contributed by atoms with Crippen molar-refractivity contribution in [2.45, 2.75) is 31.6 Å². The average molecular weight is 242 g/mol. The van der Waals surface area contributed by atoms with Gasteiger partial charge in [0.15, 0.2) is 0 Å². The van der Waals surface area contributed by atoms with Gasteiger partial charge in [0.1, 0.15) is 5.82 Å². The summed E-state index contributed by atoms with van der Waals surface area (Å²) in [5.41, 5.74) is 1.85. The maximum atomic E-state index is 13.4. The van der Waals surface area contributed by atoms with Gasteiger partial charge in [-0.1, -0.05) is 12.8 Å². The fourth-order valence-corrected chi connectivity index (χ4v) is 2.38. The molecule has 0 spiro atoms. The maximum absolute atomic E-state index is 13.4. The zero-order valence-corrected chi connectivity index (χ0v) is 10.1. The monoisotopic (exact) mass is 241 g/mol. The lowest BCUT2D eigenvalue weighted by atomic mass is 10.2. The van der Waals surface area contributed by atoms with Crippen molar-refractivity contribution < 1.29 is 4.39 Å². The van der Waals surface area contributed by atoms with E-state index in [0.29, 0.717) is 5.88 Å². The SMILES string of the molecule is Fc1cc(CCl)cc(N2CCCCCC2)c1. The molecule has 2 rings (SSSR count). The van der Waals surface area contributed by atoms with E-state index in [4.69, 9.17) is 11.6 Å². The van der Waals surface area contributed by atoms with Gasteiger partial charge in [-0.25, -0.2) is 4.39 Å². The molecule has 0 aromatic heterocycles. The summed E-state index contributed by atoms with van der Waals surface area (Å²) in [6.07, 6.45) is 4.97. The van der Waals surface area contributed by atoms with Crippen LogP contribution in [0.1, 0.15) is 31.2 Å². The molecule has 1 aliphatic heterocycles. The number of anilines is 1. The minimum atomic E-state index is -0.183. The quantitative estimate of drug-likeness (QED) is 0.709. The largest absolute Gasteiger partial charge is 0.371 e. The molecule has 1 aromatic rings. The first-order valence-electron chi connectivity index (χ1n) is 5.90. The Morgan fingerprint density at radius 1 is 1.06 bits per heavy atom. The topological polar surface area (TPSA) is 3.24 Å². The number of nitrogens with zero attached hydrogens (tertiary/aromatic N) is 1. The highest BCUT2D eigenvalue weighted by Gasteiger charge is 2.11. The summed E-state index contributed by atoms with van der Waals surface area (Å²) in [4.78, 5) is 2.27. The van der Waals surface area contributed by atoms with Crippen molar-refractivity contribution in [1.29, 1.82) is 0 Å². The van der Waals surface area contributed by atoms with Gasteiger partial charge in [-0.05, 0) is 36.6 Å². The van der Waals surface area contributed by atoms with Gasteiger partial charge >= 0.3 is 0 Å². The molecule has 0 N–H and O–H groups in total. The third-order valence-corrected chi connectivity index (χ3v) is 3.38. The van der Waals surface area contributed by atoms with Crippen molar-refractivity contribution >= 4 is 17.3 Å². The Kier molecular flexibility index (Phi) is 4.05. The number of benzene rings is 1. The van der Waals surface area contributed by atoms with Crippen molar-refractivity contribution in [2.24, 2.45) is 0 Å². The van der Waals surface area contributed by atoms with Crippen molar-refractivity contribution in [3.63, 3.8) is 0 Å². The molecule has 1 aliphatic rings. The Labute approximate surface area is 101 Å². The summed E-state index contributed by atoms with van der Waals surface area (Å²) in [5, 5.41) is 0. The van der Waals surface area contributed by atoms with Crippen LogP contribution in [0.5, 0.6) is 0 Å². The van der Waals surface area contributed by atoms with Gasteiger partial charge < -0.3 is 4.90 Å². The van der Waals surface area contributed by atoms with Crippen molar-refractivity contribution in [1.82, 2.24) is 0 Å². The molecule has 1 nitrogen and oxygen atoms in total. The fourth-order valence-electron chi connectivity index (χ4n) is 2.22. The fraction of sp³-hybridized carbons (Fsp3) is 0.538. The first-order valence-corrected chi connectivity index (χ1v) is 6.43. The van der Waals surface area contributed by atoms with Crippen LogP contribution in [0.25, 0.3) is 0 Å². The van der Waals surface area contributed by atoms with Crippen LogP contribution in [-0.4, -0.2) is 13.1 Å². The lowest BCUT2D eigenvalue weighted by Gasteiger charge is -2.23. The highest BCUT2D eigenvalue weighted by Crippen LogP contribution is 2.22. The molecule has 88 valence electrons. The van der Waals surface area contributed by atoms with E-state index in [9.17, 15) is 4.39 Å². The second-order valence-corrected chi connectivity index (χ2v) is 4.62. The predicted molar refractivity (Wildman–Crippen MR) is 66.6 cm³/mol. The molecule has 16 heavy (non-hydrogen) atoms. The summed E-state index contributed by atoms with van der Waals surface area (Å²) in [6, 6.07) is 5.12. The van der Waals surface area contributed by atoms with Crippen LogP contribution in [0.2, 0.25) is 0 Å². The minimum Gasteiger partial charge on any atom is -0.371 e. The minimum absolute atomic E-state index is 0.183. The van der Waals surface area contributed by atoms with Crippen LogP contribution < -0.4 is 4.90 Å². The third-order valence-electron chi connectivity index (χ3n) is 3.07. The van der Waals surface area contributed by atoms with E-state index in [1.165, 1.54) is 31.7 Å². The number of halogens is 2. The van der Waals surface area contributed by atoms with E-state index in [0.717, 1.165) is 24.3 Å². The molecule has 1 heterocycles. The van der Waals surface area contributed by atoms with Crippen molar-refractivity contribution in [2.75, 3.05) is 18.0 Å². The molecule has 0 atom stereocenters. The lowest BCUT2D eigenvalue weighted by Crippen LogP contribution is -2.24. The van der Waals surface area contributed by atoms with Crippen LogP contribution in [0.15, 0.2) is 18.2 Å². The van der Waals surface area contributed by atoms with E-state index < -0.39 is 0 Å². The normalized spacial score (nSPS) is 17.2. The Balaban J connectivity index is 2.20. The van der Waals surface area contributed by atoms with E-state index >= 15 is 0 Å². The standard InChI is InChI=1S/C13H17ClFN/c14-10-11-7-12(15)9-13(8-11)16-5-3-1-2-4-6-16/h7-9H,1-6,10H2. The molecule has 0 bridgehead atoms. The molecule has 1 fully saturated rings. The number of rotatable bonds is 2. The van der Waals surface area contributed by atoms with Gasteiger partial charge in [-0.15, -0.1) is 11.6 Å². The Hall–Kier alpha value is -0.760. The van der Waals surface area contributed by atoms with Gasteiger partial charge in [0.05, 0.1) is 0 Å². The van der Waals surface area contributed by atoms with E-state index in [-0.39, 0.29) is 5.82 Å². The molecule has 0 aliphatic carbocycles. The molecule has 0 radical (unpaired) electrons. The Bertz CT molecular complexity index is 346. The number of hydrogen-bond acceptors (Lipinski definition) is 1. The van der Waals surface area contributed by atoms with Crippen LogP contribution in [0.3, 0.4) is 0 Å². The van der Waals surface area contributed by atoms with Gasteiger partial charge in [-0.3, -0.25) is 0 Å². The third kappa shape index (κ3) is 2.88. The molecular formula is C13H17ClFN. The first kappa shape index (κ1) is 11.7. The molecule has 0 amide bonds. The van der Waals surface area contributed by atoms with Crippen molar-refractivity contribution in [3.05, 3.63) is 29.6 Å². The number of alkyl halides is 1. The van der Waals surface area contributed by atoms with Gasteiger partial charge in [0, 0.05) is 24.7 Å². The second kappa shape index (κ2) is 5.53. The van der Waals surface area contributed by atoms with Crippen LogP contribution in [-0.2, 0) is 5.88 Å². The van der Waals surface area contributed by atoms with Crippen molar-refractivity contribution in [3.8, 4) is 0 Å². The molecule has 0 unspecified atom stereocenters. The first-order chi connectivity index (χ1) is 7.79. The van der Waals surface area contributed by atoms with E-state index in [2.05, 4.69) is 4.90 Å². The zero-order valence-electron chi connectivity index (χ0n) is 9.38. The Morgan fingerprint density at radius 3 is 2.38 bits per heavy atom.